The molecule has 0 fully saturated rings. The number of ether oxygens (including phenoxy) is 1. The predicted molar refractivity (Wildman–Crippen MR) is 90.1 cm³/mol. The Hall–Kier alpha value is -2.34. The Morgan fingerprint density at radius 2 is 1.92 bits per heavy atom. The standard InChI is InChI=1S/C18H24N2O4/c1-11(2)17-9-15(20-24-17)18(22)19-10-16(21)13-5-7-14(8-6-13)23-12(3)4/h5-9,11-12,16,21H,10H2,1-4H3,(H,19,22). The summed E-state index contributed by atoms with van der Waals surface area (Å²) in [6.07, 6.45) is -0.711. The lowest BCUT2D eigenvalue weighted by Gasteiger charge is -2.13. The second-order valence-electron chi connectivity index (χ2n) is 6.23. The zero-order chi connectivity index (χ0) is 17.7. The van der Waals surface area contributed by atoms with E-state index in [0.29, 0.717) is 11.3 Å². The average molecular weight is 332 g/mol. The third-order valence-corrected chi connectivity index (χ3v) is 3.42. The number of hydrogen-bond acceptors (Lipinski definition) is 5. The van der Waals surface area contributed by atoms with Crippen molar-refractivity contribution in [3.8, 4) is 5.75 Å². The molecule has 24 heavy (non-hydrogen) atoms. The van der Waals surface area contributed by atoms with Crippen LogP contribution in [0, 0.1) is 0 Å². The summed E-state index contributed by atoms with van der Waals surface area (Å²) < 4.78 is 10.7. The summed E-state index contributed by atoms with van der Waals surface area (Å²) >= 11 is 0. The van der Waals surface area contributed by atoms with E-state index in [4.69, 9.17) is 9.26 Å². The first-order valence-corrected chi connectivity index (χ1v) is 8.06. The second kappa shape index (κ2) is 7.97. The minimum absolute atomic E-state index is 0.0904. The Morgan fingerprint density at radius 1 is 1.25 bits per heavy atom. The highest BCUT2D eigenvalue weighted by atomic mass is 16.5. The number of aliphatic hydroxyl groups excluding tert-OH is 1. The van der Waals surface area contributed by atoms with E-state index >= 15 is 0 Å². The van der Waals surface area contributed by atoms with Gasteiger partial charge in [0.1, 0.15) is 11.5 Å². The second-order valence-corrected chi connectivity index (χ2v) is 6.23. The number of nitrogens with zero attached hydrogens (tertiary/aromatic N) is 1. The van der Waals surface area contributed by atoms with Crippen LogP contribution in [-0.2, 0) is 0 Å². The molecule has 2 aromatic rings. The smallest absolute Gasteiger partial charge is 0.273 e. The quantitative estimate of drug-likeness (QED) is 0.814. The van der Waals surface area contributed by atoms with E-state index in [-0.39, 0.29) is 30.2 Å². The van der Waals surface area contributed by atoms with E-state index in [1.54, 1.807) is 30.3 Å². The van der Waals surface area contributed by atoms with Crippen LogP contribution in [0.15, 0.2) is 34.9 Å². The minimum Gasteiger partial charge on any atom is -0.491 e. The molecule has 0 aliphatic heterocycles. The van der Waals surface area contributed by atoms with Crippen LogP contribution >= 0.6 is 0 Å². The van der Waals surface area contributed by atoms with Gasteiger partial charge in [0.2, 0.25) is 0 Å². The van der Waals surface area contributed by atoms with E-state index in [1.807, 2.05) is 27.7 Å². The van der Waals surface area contributed by atoms with Gasteiger partial charge in [-0.2, -0.15) is 0 Å². The molecule has 6 heteroatoms. The third-order valence-electron chi connectivity index (χ3n) is 3.42. The van der Waals surface area contributed by atoms with Crippen molar-refractivity contribution in [3.63, 3.8) is 0 Å². The fourth-order valence-electron chi connectivity index (χ4n) is 2.11. The Kier molecular flexibility index (Phi) is 5.98. The molecule has 2 rings (SSSR count). The first-order valence-electron chi connectivity index (χ1n) is 8.06. The molecule has 1 atom stereocenters. The van der Waals surface area contributed by atoms with Crippen molar-refractivity contribution in [2.24, 2.45) is 0 Å². The molecular weight excluding hydrogens is 308 g/mol. The van der Waals surface area contributed by atoms with Crippen molar-refractivity contribution in [1.29, 1.82) is 0 Å². The summed E-state index contributed by atoms with van der Waals surface area (Å²) in [5.74, 6) is 1.19. The number of hydrogen-bond donors (Lipinski definition) is 2. The van der Waals surface area contributed by atoms with E-state index in [9.17, 15) is 9.90 Å². The first kappa shape index (κ1) is 18.0. The van der Waals surface area contributed by atoms with E-state index in [1.165, 1.54) is 0 Å². The molecule has 1 unspecified atom stereocenters. The molecule has 2 N–H and O–H groups in total. The maximum absolute atomic E-state index is 12.0. The fourth-order valence-corrected chi connectivity index (χ4v) is 2.11. The Labute approximate surface area is 141 Å². The van der Waals surface area contributed by atoms with E-state index in [2.05, 4.69) is 10.5 Å². The Balaban J connectivity index is 1.89. The van der Waals surface area contributed by atoms with Crippen LogP contribution < -0.4 is 10.1 Å². The van der Waals surface area contributed by atoms with Gasteiger partial charge in [-0.25, -0.2) is 0 Å². The minimum atomic E-state index is -0.807. The number of nitrogens with one attached hydrogen (secondary N) is 1. The molecule has 0 saturated heterocycles. The first-order chi connectivity index (χ1) is 11.4. The highest BCUT2D eigenvalue weighted by molar-refractivity contribution is 5.92. The van der Waals surface area contributed by atoms with E-state index in [0.717, 1.165) is 5.75 Å². The maximum Gasteiger partial charge on any atom is 0.273 e. The summed E-state index contributed by atoms with van der Waals surface area (Å²) in [7, 11) is 0. The summed E-state index contributed by atoms with van der Waals surface area (Å²) in [5.41, 5.74) is 0.918. The molecule has 0 saturated carbocycles. The largest absolute Gasteiger partial charge is 0.491 e. The van der Waals surface area contributed by atoms with Crippen LogP contribution in [0.2, 0.25) is 0 Å². The third kappa shape index (κ3) is 4.83. The number of amides is 1. The summed E-state index contributed by atoms with van der Waals surface area (Å²) in [5, 5.41) is 16.6. The lowest BCUT2D eigenvalue weighted by atomic mass is 10.1. The molecule has 0 bridgehead atoms. The van der Waals surface area contributed by atoms with Crippen molar-refractivity contribution >= 4 is 5.91 Å². The molecule has 1 amide bonds. The molecule has 0 radical (unpaired) electrons. The van der Waals surface area contributed by atoms with Crippen molar-refractivity contribution in [2.75, 3.05) is 6.54 Å². The van der Waals surface area contributed by atoms with Crippen LogP contribution in [0.3, 0.4) is 0 Å². The van der Waals surface area contributed by atoms with Crippen molar-refractivity contribution < 1.29 is 19.2 Å². The van der Waals surface area contributed by atoms with Crippen molar-refractivity contribution in [3.05, 3.63) is 47.3 Å². The normalized spacial score (nSPS) is 12.5. The Bertz CT molecular complexity index is 662. The molecule has 0 aliphatic carbocycles. The van der Waals surface area contributed by atoms with Gasteiger partial charge in [-0.1, -0.05) is 31.1 Å². The molecule has 6 nitrogen and oxygen atoms in total. The molecule has 0 aliphatic rings. The SMILES string of the molecule is CC(C)Oc1ccc(C(O)CNC(=O)c2cc(C(C)C)on2)cc1. The van der Waals surface area contributed by atoms with Gasteiger partial charge in [0.15, 0.2) is 5.69 Å². The van der Waals surface area contributed by atoms with Gasteiger partial charge >= 0.3 is 0 Å². The summed E-state index contributed by atoms with van der Waals surface area (Å²) in [6.45, 7) is 7.91. The molecular formula is C18H24N2O4. The molecule has 130 valence electrons. The zero-order valence-electron chi connectivity index (χ0n) is 14.4. The number of benzene rings is 1. The molecule has 1 aromatic heterocycles. The van der Waals surface area contributed by atoms with Gasteiger partial charge in [0, 0.05) is 18.5 Å². The van der Waals surface area contributed by atoms with Crippen LogP contribution in [0.25, 0.3) is 0 Å². The van der Waals surface area contributed by atoms with Crippen LogP contribution in [0.1, 0.15) is 61.5 Å². The number of aliphatic hydroxyl groups is 1. The van der Waals surface area contributed by atoms with Gasteiger partial charge in [-0.05, 0) is 31.5 Å². The summed E-state index contributed by atoms with van der Waals surface area (Å²) in [6, 6.07) is 8.77. The van der Waals surface area contributed by atoms with Gasteiger partial charge < -0.3 is 19.7 Å². The number of aromatic nitrogens is 1. The van der Waals surface area contributed by atoms with Crippen LogP contribution in [-0.4, -0.2) is 28.8 Å². The lowest BCUT2D eigenvalue weighted by Crippen LogP contribution is -2.28. The zero-order valence-corrected chi connectivity index (χ0v) is 14.4. The topological polar surface area (TPSA) is 84.6 Å². The number of rotatable bonds is 7. The van der Waals surface area contributed by atoms with E-state index < -0.39 is 6.10 Å². The highest BCUT2D eigenvalue weighted by Crippen LogP contribution is 2.19. The molecule has 1 aromatic carbocycles. The summed E-state index contributed by atoms with van der Waals surface area (Å²) in [4.78, 5) is 12.0. The average Bonchev–Trinajstić information content (AvgIpc) is 3.02. The molecule has 1 heterocycles. The van der Waals surface area contributed by atoms with Gasteiger partial charge in [-0.3, -0.25) is 4.79 Å². The molecule has 0 spiro atoms. The van der Waals surface area contributed by atoms with Crippen molar-refractivity contribution in [2.45, 2.75) is 45.8 Å². The number of carbonyl (C=O) groups is 1. The van der Waals surface area contributed by atoms with Crippen molar-refractivity contribution in [1.82, 2.24) is 10.5 Å². The predicted octanol–water partition coefficient (Wildman–Crippen LogP) is 3.05. The number of carbonyl (C=O) groups excluding carboxylic acids is 1. The monoisotopic (exact) mass is 332 g/mol. The fraction of sp³-hybridized carbons (Fsp3) is 0.444. The van der Waals surface area contributed by atoms with Gasteiger partial charge in [0.05, 0.1) is 12.2 Å². The lowest BCUT2D eigenvalue weighted by molar-refractivity contribution is 0.0907. The van der Waals surface area contributed by atoms with Crippen LogP contribution in [0.4, 0.5) is 0 Å². The Morgan fingerprint density at radius 3 is 2.46 bits per heavy atom. The highest BCUT2D eigenvalue weighted by Gasteiger charge is 2.16. The maximum atomic E-state index is 12.0. The van der Waals surface area contributed by atoms with Gasteiger partial charge in [-0.15, -0.1) is 0 Å². The van der Waals surface area contributed by atoms with Gasteiger partial charge in [0.25, 0.3) is 5.91 Å². The van der Waals surface area contributed by atoms with Crippen LogP contribution in [0.5, 0.6) is 5.75 Å².